The maximum absolute atomic E-state index is 12.2. The minimum atomic E-state index is -0.357. The van der Waals surface area contributed by atoms with Crippen LogP contribution < -0.4 is 5.32 Å². The first-order valence-electron chi connectivity index (χ1n) is 7.90. The van der Waals surface area contributed by atoms with Crippen LogP contribution in [-0.2, 0) is 9.59 Å². The lowest BCUT2D eigenvalue weighted by Gasteiger charge is -2.22. The maximum Gasteiger partial charge on any atom is 0.225 e. The van der Waals surface area contributed by atoms with Gasteiger partial charge in [-0.15, -0.1) is 0 Å². The van der Waals surface area contributed by atoms with Crippen LogP contribution in [0.25, 0.3) is 0 Å². The van der Waals surface area contributed by atoms with Gasteiger partial charge in [-0.3, -0.25) is 9.59 Å². The molecule has 0 unspecified atom stereocenters. The van der Waals surface area contributed by atoms with Crippen molar-refractivity contribution in [2.24, 2.45) is 11.3 Å². The van der Waals surface area contributed by atoms with Crippen molar-refractivity contribution in [2.45, 2.75) is 59.8 Å². The van der Waals surface area contributed by atoms with Crippen LogP contribution in [0.2, 0.25) is 0 Å². The molecule has 0 aliphatic heterocycles. The van der Waals surface area contributed by atoms with Crippen molar-refractivity contribution in [3.8, 4) is 0 Å². The monoisotopic (exact) mass is 282 g/mol. The maximum atomic E-state index is 12.2. The predicted molar refractivity (Wildman–Crippen MR) is 81.3 cm³/mol. The predicted octanol–water partition coefficient (Wildman–Crippen LogP) is 2.58. The van der Waals surface area contributed by atoms with Crippen molar-refractivity contribution < 1.29 is 9.59 Å². The first-order chi connectivity index (χ1) is 9.34. The molecule has 1 N–H and O–H groups in total. The van der Waals surface area contributed by atoms with Gasteiger partial charge in [0.1, 0.15) is 0 Å². The fraction of sp³-hybridized carbons (Fsp3) is 0.875. The SMILES string of the molecule is CCCN(CC1CC1)C(=O)CCCNC(=O)C(C)(C)C. The summed E-state index contributed by atoms with van der Waals surface area (Å²) < 4.78 is 0. The van der Waals surface area contributed by atoms with Crippen molar-refractivity contribution in [3.63, 3.8) is 0 Å². The molecule has 1 fully saturated rings. The zero-order valence-corrected chi connectivity index (χ0v) is 13.5. The fourth-order valence-corrected chi connectivity index (χ4v) is 2.06. The highest BCUT2D eigenvalue weighted by Gasteiger charge is 2.26. The van der Waals surface area contributed by atoms with Crippen LogP contribution in [0.3, 0.4) is 0 Å². The molecule has 0 atom stereocenters. The summed E-state index contributed by atoms with van der Waals surface area (Å²) in [5, 5.41) is 2.89. The normalized spacial score (nSPS) is 15.0. The molecule has 1 aliphatic rings. The minimum Gasteiger partial charge on any atom is -0.356 e. The van der Waals surface area contributed by atoms with E-state index in [2.05, 4.69) is 12.2 Å². The molecule has 0 bridgehead atoms. The fourth-order valence-electron chi connectivity index (χ4n) is 2.06. The Balaban J connectivity index is 2.21. The van der Waals surface area contributed by atoms with Gasteiger partial charge >= 0.3 is 0 Å². The zero-order chi connectivity index (χ0) is 15.2. The first kappa shape index (κ1) is 17.0. The second-order valence-corrected chi connectivity index (χ2v) is 6.89. The number of carbonyl (C=O) groups excluding carboxylic acids is 2. The van der Waals surface area contributed by atoms with E-state index in [1.165, 1.54) is 12.8 Å². The summed E-state index contributed by atoms with van der Waals surface area (Å²) in [6, 6.07) is 0. The van der Waals surface area contributed by atoms with Crippen LogP contribution in [0.5, 0.6) is 0 Å². The number of hydrogen-bond donors (Lipinski definition) is 1. The largest absolute Gasteiger partial charge is 0.356 e. The Morgan fingerprint density at radius 2 is 1.90 bits per heavy atom. The number of carbonyl (C=O) groups is 2. The average molecular weight is 282 g/mol. The molecular weight excluding hydrogens is 252 g/mol. The first-order valence-corrected chi connectivity index (χ1v) is 7.90. The van der Waals surface area contributed by atoms with Crippen LogP contribution in [0, 0.1) is 11.3 Å². The van der Waals surface area contributed by atoms with Gasteiger partial charge in [-0.1, -0.05) is 27.7 Å². The smallest absolute Gasteiger partial charge is 0.225 e. The summed E-state index contributed by atoms with van der Waals surface area (Å²) in [5.74, 6) is 1.03. The third-order valence-electron chi connectivity index (χ3n) is 3.56. The van der Waals surface area contributed by atoms with Crippen molar-refractivity contribution in [1.82, 2.24) is 10.2 Å². The Morgan fingerprint density at radius 3 is 2.40 bits per heavy atom. The van der Waals surface area contributed by atoms with Gasteiger partial charge in [-0.2, -0.15) is 0 Å². The van der Waals surface area contributed by atoms with E-state index >= 15 is 0 Å². The lowest BCUT2D eigenvalue weighted by molar-refractivity contribution is -0.132. The molecule has 0 radical (unpaired) electrons. The molecule has 2 amide bonds. The number of hydrogen-bond acceptors (Lipinski definition) is 2. The van der Waals surface area contributed by atoms with E-state index in [0.29, 0.717) is 13.0 Å². The summed E-state index contributed by atoms with van der Waals surface area (Å²) in [6.45, 7) is 10.2. The van der Waals surface area contributed by atoms with E-state index in [1.807, 2.05) is 25.7 Å². The van der Waals surface area contributed by atoms with Crippen molar-refractivity contribution >= 4 is 11.8 Å². The molecule has 0 heterocycles. The molecule has 1 aliphatic carbocycles. The van der Waals surface area contributed by atoms with Gasteiger partial charge in [0, 0.05) is 31.5 Å². The van der Waals surface area contributed by atoms with Gasteiger partial charge in [0.05, 0.1) is 0 Å². The van der Waals surface area contributed by atoms with E-state index < -0.39 is 0 Å². The number of amides is 2. The molecule has 0 aromatic heterocycles. The Morgan fingerprint density at radius 1 is 1.25 bits per heavy atom. The van der Waals surface area contributed by atoms with E-state index in [4.69, 9.17) is 0 Å². The number of nitrogens with zero attached hydrogens (tertiary/aromatic N) is 1. The molecule has 20 heavy (non-hydrogen) atoms. The van der Waals surface area contributed by atoms with Crippen LogP contribution in [-0.4, -0.2) is 36.3 Å². The Bertz CT molecular complexity index is 330. The number of nitrogens with one attached hydrogen (secondary N) is 1. The lowest BCUT2D eigenvalue weighted by Crippen LogP contribution is -2.37. The highest BCUT2D eigenvalue weighted by atomic mass is 16.2. The lowest BCUT2D eigenvalue weighted by atomic mass is 9.96. The van der Waals surface area contributed by atoms with Crippen molar-refractivity contribution in [3.05, 3.63) is 0 Å². The van der Waals surface area contributed by atoms with Crippen LogP contribution >= 0.6 is 0 Å². The summed E-state index contributed by atoms with van der Waals surface area (Å²) >= 11 is 0. The summed E-state index contributed by atoms with van der Waals surface area (Å²) in [4.78, 5) is 25.8. The van der Waals surface area contributed by atoms with E-state index in [-0.39, 0.29) is 17.2 Å². The second-order valence-electron chi connectivity index (χ2n) is 6.89. The molecule has 1 rings (SSSR count). The van der Waals surface area contributed by atoms with Crippen molar-refractivity contribution in [1.29, 1.82) is 0 Å². The standard InChI is InChI=1S/C16H30N2O2/c1-5-11-18(12-13-8-9-13)14(19)7-6-10-17-15(20)16(2,3)4/h13H,5-12H2,1-4H3,(H,17,20). The molecule has 1 saturated carbocycles. The molecule has 0 aromatic rings. The van der Waals surface area contributed by atoms with E-state index in [0.717, 1.165) is 31.8 Å². The summed E-state index contributed by atoms with van der Waals surface area (Å²) in [5.41, 5.74) is -0.357. The number of rotatable bonds is 8. The minimum absolute atomic E-state index is 0.0494. The van der Waals surface area contributed by atoms with Crippen molar-refractivity contribution in [2.75, 3.05) is 19.6 Å². The third-order valence-corrected chi connectivity index (χ3v) is 3.56. The highest BCUT2D eigenvalue weighted by Crippen LogP contribution is 2.29. The van der Waals surface area contributed by atoms with Gasteiger partial charge < -0.3 is 10.2 Å². The van der Waals surface area contributed by atoms with Gasteiger partial charge in [0.25, 0.3) is 0 Å². The second kappa shape index (κ2) is 7.65. The average Bonchev–Trinajstić information content (AvgIpc) is 3.16. The topological polar surface area (TPSA) is 49.4 Å². The Labute approximate surface area is 123 Å². The molecule has 0 aromatic carbocycles. The van der Waals surface area contributed by atoms with E-state index in [9.17, 15) is 9.59 Å². The van der Waals surface area contributed by atoms with Gasteiger partial charge in [0.15, 0.2) is 0 Å². The molecular formula is C16H30N2O2. The Kier molecular flexibility index (Phi) is 6.50. The van der Waals surface area contributed by atoms with Gasteiger partial charge in [-0.25, -0.2) is 0 Å². The molecule has 0 saturated heterocycles. The van der Waals surface area contributed by atoms with Crippen LogP contribution in [0.1, 0.15) is 59.8 Å². The zero-order valence-electron chi connectivity index (χ0n) is 13.5. The summed E-state index contributed by atoms with van der Waals surface area (Å²) in [7, 11) is 0. The molecule has 116 valence electrons. The highest BCUT2D eigenvalue weighted by molar-refractivity contribution is 5.81. The van der Waals surface area contributed by atoms with Crippen LogP contribution in [0.4, 0.5) is 0 Å². The molecule has 0 spiro atoms. The van der Waals surface area contributed by atoms with E-state index in [1.54, 1.807) is 0 Å². The quantitative estimate of drug-likeness (QED) is 0.696. The Hall–Kier alpha value is -1.06. The van der Waals surface area contributed by atoms with Gasteiger partial charge in [0.2, 0.25) is 11.8 Å². The van der Waals surface area contributed by atoms with Gasteiger partial charge in [-0.05, 0) is 31.6 Å². The third kappa shape index (κ3) is 6.40. The molecule has 4 nitrogen and oxygen atoms in total. The molecule has 4 heteroatoms. The summed E-state index contributed by atoms with van der Waals surface area (Å²) in [6.07, 6.45) is 4.83. The van der Waals surface area contributed by atoms with Crippen LogP contribution in [0.15, 0.2) is 0 Å².